The van der Waals surface area contributed by atoms with E-state index >= 15 is 0 Å². The minimum absolute atomic E-state index is 0.169. The molecule has 3 rings (SSSR count). The van der Waals surface area contributed by atoms with Crippen LogP contribution < -0.4 is 4.74 Å². The highest BCUT2D eigenvalue weighted by Crippen LogP contribution is 2.39. The van der Waals surface area contributed by atoms with Crippen LogP contribution >= 0.6 is 0 Å². The third-order valence-electron chi connectivity index (χ3n) is 6.24. The van der Waals surface area contributed by atoms with Gasteiger partial charge in [0.1, 0.15) is 5.75 Å². The van der Waals surface area contributed by atoms with Crippen LogP contribution in [0.15, 0.2) is 36.4 Å². The number of carbonyl (C=O) groups is 1. The van der Waals surface area contributed by atoms with Crippen LogP contribution in [0.5, 0.6) is 5.75 Å². The lowest BCUT2D eigenvalue weighted by molar-refractivity contribution is -0.137. The molecule has 0 heterocycles. The number of benzene rings is 2. The van der Waals surface area contributed by atoms with Gasteiger partial charge in [0.25, 0.3) is 0 Å². The van der Waals surface area contributed by atoms with E-state index in [1.54, 1.807) is 0 Å². The van der Waals surface area contributed by atoms with Gasteiger partial charge >= 0.3 is 5.97 Å². The van der Waals surface area contributed by atoms with Crippen molar-refractivity contribution in [1.29, 1.82) is 0 Å². The molecule has 0 aromatic heterocycles. The fourth-order valence-corrected chi connectivity index (χ4v) is 4.36. The molecule has 2 aromatic carbocycles. The topological polar surface area (TPSA) is 49.8 Å². The number of nitrogens with zero attached hydrogens (tertiary/aromatic N) is 1. The van der Waals surface area contributed by atoms with Gasteiger partial charge in [0.15, 0.2) is 0 Å². The van der Waals surface area contributed by atoms with E-state index in [2.05, 4.69) is 57.2 Å². The molecule has 4 nitrogen and oxygen atoms in total. The average Bonchev–Trinajstić information content (AvgIpc) is 2.66. The summed E-state index contributed by atoms with van der Waals surface area (Å²) in [6, 6.07) is 12.8. The van der Waals surface area contributed by atoms with Gasteiger partial charge in [-0.15, -0.1) is 0 Å². The van der Waals surface area contributed by atoms with E-state index < -0.39 is 5.97 Å². The highest BCUT2D eigenvalue weighted by Gasteiger charge is 2.30. The van der Waals surface area contributed by atoms with Crippen LogP contribution in [0.25, 0.3) is 10.8 Å². The summed E-state index contributed by atoms with van der Waals surface area (Å²) < 4.78 is 6.31. The fourth-order valence-electron chi connectivity index (χ4n) is 4.36. The largest absolute Gasteiger partial charge is 0.490 e. The summed E-state index contributed by atoms with van der Waals surface area (Å²) >= 11 is 0. The molecule has 1 aliphatic rings. The predicted molar refractivity (Wildman–Crippen MR) is 118 cm³/mol. The van der Waals surface area contributed by atoms with Gasteiger partial charge in [0.05, 0.1) is 12.5 Å². The Morgan fingerprint density at radius 1 is 1.07 bits per heavy atom. The second kappa shape index (κ2) is 9.17. The Labute approximate surface area is 174 Å². The molecular formula is C25H35NO3. The van der Waals surface area contributed by atoms with Crippen LogP contribution in [0, 0.1) is 11.3 Å². The first-order valence-electron chi connectivity index (χ1n) is 10.8. The number of hydrogen-bond donors (Lipinski definition) is 1. The van der Waals surface area contributed by atoms with Crippen molar-refractivity contribution in [1.82, 2.24) is 4.90 Å². The number of rotatable bonds is 7. The molecular weight excluding hydrogens is 362 g/mol. The van der Waals surface area contributed by atoms with Gasteiger partial charge < -0.3 is 14.7 Å². The smallest absolute Gasteiger partial charge is 0.304 e. The molecule has 0 amide bonds. The molecule has 29 heavy (non-hydrogen) atoms. The summed E-state index contributed by atoms with van der Waals surface area (Å²) in [7, 11) is 1.96. The van der Waals surface area contributed by atoms with Crippen molar-refractivity contribution in [2.75, 3.05) is 13.6 Å². The van der Waals surface area contributed by atoms with Gasteiger partial charge in [-0.1, -0.05) is 39.0 Å². The van der Waals surface area contributed by atoms with Gasteiger partial charge in [0.2, 0.25) is 0 Å². The average molecular weight is 398 g/mol. The summed E-state index contributed by atoms with van der Waals surface area (Å²) in [6.45, 7) is 8.34. The van der Waals surface area contributed by atoms with Crippen LogP contribution in [0.3, 0.4) is 0 Å². The van der Waals surface area contributed by atoms with Gasteiger partial charge in [-0.2, -0.15) is 0 Å². The van der Waals surface area contributed by atoms with Crippen molar-refractivity contribution in [2.45, 2.75) is 65.5 Å². The Morgan fingerprint density at radius 2 is 1.72 bits per heavy atom. The van der Waals surface area contributed by atoms with Crippen LogP contribution in [-0.2, 0) is 11.3 Å². The summed E-state index contributed by atoms with van der Waals surface area (Å²) in [4.78, 5) is 12.8. The lowest BCUT2D eigenvalue weighted by atomic mass is 9.72. The third kappa shape index (κ3) is 6.20. The van der Waals surface area contributed by atoms with E-state index in [9.17, 15) is 4.79 Å². The first-order chi connectivity index (χ1) is 13.7. The first kappa shape index (κ1) is 21.6. The Balaban J connectivity index is 1.59. The number of hydrogen-bond acceptors (Lipinski definition) is 3. The number of fused-ring (bicyclic) bond motifs is 1. The molecule has 0 aliphatic heterocycles. The van der Waals surface area contributed by atoms with Crippen molar-refractivity contribution in [3.8, 4) is 5.75 Å². The highest BCUT2D eigenvalue weighted by atomic mass is 16.5. The SMILES string of the molecule is CN(CCC(=O)O)Cc1ccc2cc(OC3CCC(C(C)(C)C)CC3)ccc2c1. The van der Waals surface area contributed by atoms with Crippen LogP contribution in [0.4, 0.5) is 0 Å². The van der Waals surface area contributed by atoms with Crippen molar-refractivity contribution in [3.05, 3.63) is 42.0 Å². The molecule has 0 spiro atoms. The van der Waals surface area contributed by atoms with E-state index in [0.717, 1.165) is 31.1 Å². The molecule has 1 aliphatic carbocycles. The lowest BCUT2D eigenvalue weighted by Gasteiger charge is -2.37. The van der Waals surface area contributed by atoms with E-state index in [-0.39, 0.29) is 6.42 Å². The first-order valence-corrected chi connectivity index (χ1v) is 10.8. The quantitative estimate of drug-likeness (QED) is 0.648. The Kier molecular flexibility index (Phi) is 6.84. The van der Waals surface area contributed by atoms with Crippen molar-refractivity contribution >= 4 is 16.7 Å². The second-order valence-electron chi connectivity index (χ2n) is 9.68. The monoisotopic (exact) mass is 397 g/mol. The van der Waals surface area contributed by atoms with E-state index in [1.807, 2.05) is 11.9 Å². The zero-order valence-corrected chi connectivity index (χ0v) is 18.3. The van der Waals surface area contributed by atoms with Crippen molar-refractivity contribution < 1.29 is 14.6 Å². The third-order valence-corrected chi connectivity index (χ3v) is 6.24. The number of ether oxygens (including phenoxy) is 1. The lowest BCUT2D eigenvalue weighted by Crippen LogP contribution is -2.30. The maximum atomic E-state index is 10.7. The zero-order chi connectivity index (χ0) is 21.0. The van der Waals surface area contributed by atoms with Crippen LogP contribution in [0.1, 0.15) is 58.4 Å². The van der Waals surface area contributed by atoms with Gasteiger partial charge in [-0.25, -0.2) is 0 Å². The maximum absolute atomic E-state index is 10.7. The summed E-state index contributed by atoms with van der Waals surface area (Å²) in [5.74, 6) is 1.00. The van der Waals surface area contributed by atoms with E-state index in [1.165, 1.54) is 29.2 Å². The molecule has 1 N–H and O–H groups in total. The number of carboxylic acid groups (broad SMARTS) is 1. The molecule has 158 valence electrons. The molecule has 0 saturated heterocycles. The molecule has 2 aromatic rings. The molecule has 1 fully saturated rings. The molecule has 4 heteroatoms. The standard InChI is InChI=1S/C25H35NO3/c1-25(2,3)21-8-11-22(12-9-21)29-23-10-7-19-15-18(5-6-20(19)16-23)17-26(4)14-13-24(27)28/h5-7,10,15-16,21-22H,8-9,11-14,17H2,1-4H3,(H,27,28). The minimum Gasteiger partial charge on any atom is -0.490 e. The molecule has 1 saturated carbocycles. The molecule has 0 bridgehead atoms. The minimum atomic E-state index is -0.755. The van der Waals surface area contributed by atoms with Gasteiger partial charge in [-0.3, -0.25) is 4.79 Å². The summed E-state index contributed by atoms with van der Waals surface area (Å²) in [5, 5.41) is 11.2. The predicted octanol–water partition coefficient (Wildman–Crippen LogP) is 5.73. The summed E-state index contributed by atoms with van der Waals surface area (Å²) in [5.41, 5.74) is 1.59. The van der Waals surface area contributed by atoms with E-state index in [0.29, 0.717) is 18.1 Å². The Bertz CT molecular complexity index is 832. The Morgan fingerprint density at radius 3 is 2.38 bits per heavy atom. The number of carboxylic acids is 1. The zero-order valence-electron chi connectivity index (χ0n) is 18.3. The summed E-state index contributed by atoms with van der Waals surface area (Å²) in [6.07, 6.45) is 5.28. The van der Waals surface area contributed by atoms with Gasteiger partial charge in [0, 0.05) is 13.1 Å². The second-order valence-corrected chi connectivity index (χ2v) is 9.68. The van der Waals surface area contributed by atoms with Crippen molar-refractivity contribution in [2.24, 2.45) is 11.3 Å². The highest BCUT2D eigenvalue weighted by molar-refractivity contribution is 5.84. The normalized spacial score (nSPS) is 20.2. The molecule has 0 radical (unpaired) electrons. The van der Waals surface area contributed by atoms with E-state index in [4.69, 9.17) is 9.84 Å². The fraction of sp³-hybridized carbons (Fsp3) is 0.560. The molecule has 0 atom stereocenters. The number of aliphatic carboxylic acids is 1. The van der Waals surface area contributed by atoms with Crippen molar-refractivity contribution in [3.63, 3.8) is 0 Å². The van der Waals surface area contributed by atoms with Crippen LogP contribution in [0.2, 0.25) is 0 Å². The van der Waals surface area contributed by atoms with Gasteiger partial charge in [-0.05, 0) is 78.6 Å². The maximum Gasteiger partial charge on any atom is 0.304 e. The Hall–Kier alpha value is -2.07. The van der Waals surface area contributed by atoms with Crippen LogP contribution in [-0.4, -0.2) is 35.7 Å². The molecule has 0 unspecified atom stereocenters.